The van der Waals surface area contributed by atoms with E-state index in [2.05, 4.69) is 15.5 Å². The topological polar surface area (TPSA) is 71.3 Å². The molecule has 0 aromatic carbocycles. The van der Waals surface area contributed by atoms with Crippen LogP contribution in [0.5, 0.6) is 0 Å². The Kier molecular flexibility index (Phi) is 3.15. The van der Waals surface area contributed by atoms with Gasteiger partial charge < -0.3 is 14.7 Å². The van der Waals surface area contributed by atoms with Crippen molar-refractivity contribution in [2.75, 3.05) is 20.1 Å². The van der Waals surface area contributed by atoms with Gasteiger partial charge >= 0.3 is 0 Å². The van der Waals surface area contributed by atoms with Crippen molar-refractivity contribution in [3.05, 3.63) is 11.7 Å². The standard InChI is InChI=1S/C11H18N4O2/c1-8-13-10(17-14-8)11(2)5-4-6-15(11)9(16)7-12-3/h12H,4-7H2,1-3H3/t11-/m1/s1. The minimum atomic E-state index is -0.449. The van der Waals surface area contributed by atoms with Gasteiger partial charge in [0.2, 0.25) is 5.91 Å². The summed E-state index contributed by atoms with van der Waals surface area (Å²) in [5.74, 6) is 1.22. The van der Waals surface area contributed by atoms with Gasteiger partial charge in [-0.15, -0.1) is 0 Å². The van der Waals surface area contributed by atoms with Crippen LogP contribution in [0.4, 0.5) is 0 Å². The minimum absolute atomic E-state index is 0.0725. The summed E-state index contributed by atoms with van der Waals surface area (Å²) >= 11 is 0. The molecule has 0 unspecified atom stereocenters. The van der Waals surface area contributed by atoms with Gasteiger partial charge in [0.15, 0.2) is 5.82 Å². The van der Waals surface area contributed by atoms with Crippen molar-refractivity contribution in [2.45, 2.75) is 32.2 Å². The molecule has 2 rings (SSSR count). The van der Waals surface area contributed by atoms with Gasteiger partial charge in [-0.25, -0.2) is 0 Å². The van der Waals surface area contributed by atoms with Crippen molar-refractivity contribution in [1.82, 2.24) is 20.4 Å². The Balaban J connectivity index is 2.26. The van der Waals surface area contributed by atoms with Crippen molar-refractivity contribution in [2.24, 2.45) is 0 Å². The number of aryl methyl sites for hydroxylation is 1. The summed E-state index contributed by atoms with van der Waals surface area (Å²) in [6.07, 6.45) is 1.83. The van der Waals surface area contributed by atoms with E-state index >= 15 is 0 Å². The molecule has 2 heterocycles. The molecular weight excluding hydrogens is 220 g/mol. The van der Waals surface area contributed by atoms with Gasteiger partial charge in [0.05, 0.1) is 6.54 Å². The molecule has 17 heavy (non-hydrogen) atoms. The smallest absolute Gasteiger partial charge is 0.252 e. The molecule has 1 aromatic rings. The predicted octanol–water partition coefficient (Wildman–Crippen LogP) is 0.435. The summed E-state index contributed by atoms with van der Waals surface area (Å²) in [5.41, 5.74) is -0.449. The summed E-state index contributed by atoms with van der Waals surface area (Å²) in [4.78, 5) is 18.1. The third-order valence-electron chi connectivity index (χ3n) is 3.26. The van der Waals surface area contributed by atoms with Gasteiger partial charge in [0, 0.05) is 6.54 Å². The molecule has 6 heteroatoms. The molecule has 1 aromatic heterocycles. The van der Waals surface area contributed by atoms with E-state index in [4.69, 9.17) is 4.52 Å². The maximum Gasteiger partial charge on any atom is 0.252 e. The second-order valence-electron chi connectivity index (χ2n) is 4.60. The highest BCUT2D eigenvalue weighted by Gasteiger charge is 2.44. The third-order valence-corrected chi connectivity index (χ3v) is 3.26. The Hall–Kier alpha value is -1.43. The summed E-state index contributed by atoms with van der Waals surface area (Å²) in [7, 11) is 1.77. The van der Waals surface area contributed by atoms with Crippen LogP contribution in [0.2, 0.25) is 0 Å². The van der Waals surface area contributed by atoms with Gasteiger partial charge in [0.1, 0.15) is 5.54 Å². The number of aromatic nitrogens is 2. The maximum atomic E-state index is 12.0. The van der Waals surface area contributed by atoms with Crippen LogP contribution in [0.1, 0.15) is 31.5 Å². The molecule has 0 spiro atoms. The molecule has 1 atom stereocenters. The number of hydrogen-bond donors (Lipinski definition) is 1. The molecule has 1 amide bonds. The third kappa shape index (κ3) is 2.04. The quantitative estimate of drug-likeness (QED) is 0.827. The lowest BCUT2D eigenvalue weighted by Crippen LogP contribution is -2.46. The van der Waals surface area contributed by atoms with Crippen LogP contribution in [-0.4, -0.2) is 41.1 Å². The summed E-state index contributed by atoms with van der Waals surface area (Å²) in [6, 6.07) is 0. The van der Waals surface area contributed by atoms with Crippen LogP contribution in [-0.2, 0) is 10.3 Å². The van der Waals surface area contributed by atoms with E-state index in [1.807, 2.05) is 11.8 Å². The van der Waals surface area contributed by atoms with Gasteiger partial charge in [-0.2, -0.15) is 4.98 Å². The number of nitrogens with one attached hydrogen (secondary N) is 1. The van der Waals surface area contributed by atoms with Gasteiger partial charge in [0.25, 0.3) is 5.89 Å². The zero-order chi connectivity index (χ0) is 12.5. The minimum Gasteiger partial charge on any atom is -0.337 e. The Morgan fingerprint density at radius 3 is 3.00 bits per heavy atom. The second-order valence-corrected chi connectivity index (χ2v) is 4.60. The van der Waals surface area contributed by atoms with E-state index in [-0.39, 0.29) is 5.91 Å². The monoisotopic (exact) mass is 238 g/mol. The fraction of sp³-hybridized carbons (Fsp3) is 0.727. The number of likely N-dealkylation sites (N-methyl/N-ethyl adjacent to an activating group) is 1. The van der Waals surface area contributed by atoms with Crippen LogP contribution in [0.3, 0.4) is 0 Å². The van der Waals surface area contributed by atoms with Crippen LogP contribution in [0.25, 0.3) is 0 Å². The Morgan fingerprint density at radius 1 is 1.65 bits per heavy atom. The molecule has 0 bridgehead atoms. The average molecular weight is 238 g/mol. The van der Waals surface area contributed by atoms with E-state index < -0.39 is 5.54 Å². The highest BCUT2D eigenvalue weighted by atomic mass is 16.5. The first-order valence-electron chi connectivity index (χ1n) is 5.84. The first kappa shape index (κ1) is 12.0. The van der Waals surface area contributed by atoms with Crippen molar-refractivity contribution in [3.63, 3.8) is 0 Å². The van der Waals surface area contributed by atoms with Crippen molar-refractivity contribution in [1.29, 1.82) is 0 Å². The number of rotatable bonds is 3. The summed E-state index contributed by atoms with van der Waals surface area (Å²) < 4.78 is 5.23. The molecule has 94 valence electrons. The number of carbonyl (C=O) groups excluding carboxylic acids is 1. The van der Waals surface area contributed by atoms with Crippen molar-refractivity contribution < 1.29 is 9.32 Å². The van der Waals surface area contributed by atoms with Crippen LogP contribution in [0.15, 0.2) is 4.52 Å². The lowest BCUT2D eigenvalue weighted by molar-refractivity contribution is -0.134. The molecular formula is C11H18N4O2. The first-order valence-corrected chi connectivity index (χ1v) is 5.84. The lowest BCUT2D eigenvalue weighted by Gasteiger charge is -2.31. The van der Waals surface area contributed by atoms with Gasteiger partial charge in [-0.1, -0.05) is 5.16 Å². The molecule has 0 radical (unpaired) electrons. The fourth-order valence-corrected chi connectivity index (χ4v) is 2.35. The van der Waals surface area contributed by atoms with Crippen molar-refractivity contribution in [3.8, 4) is 0 Å². The Labute approximate surface area is 100 Å². The summed E-state index contributed by atoms with van der Waals surface area (Å²) in [5, 5.41) is 6.69. The normalized spacial score (nSPS) is 24.3. The molecule has 1 fully saturated rings. The van der Waals surface area contributed by atoms with Crippen LogP contribution in [0, 0.1) is 6.92 Å². The van der Waals surface area contributed by atoms with E-state index in [1.54, 1.807) is 14.0 Å². The SMILES string of the molecule is CNCC(=O)N1CCC[C@]1(C)c1nc(C)no1. The van der Waals surface area contributed by atoms with E-state index in [0.29, 0.717) is 18.3 Å². The zero-order valence-corrected chi connectivity index (χ0v) is 10.5. The number of likely N-dealkylation sites (tertiary alicyclic amines) is 1. The largest absolute Gasteiger partial charge is 0.337 e. The molecule has 0 aliphatic carbocycles. The first-order chi connectivity index (χ1) is 8.08. The van der Waals surface area contributed by atoms with Crippen LogP contribution >= 0.6 is 0 Å². The van der Waals surface area contributed by atoms with E-state index in [0.717, 1.165) is 19.4 Å². The van der Waals surface area contributed by atoms with E-state index in [9.17, 15) is 4.79 Å². The van der Waals surface area contributed by atoms with Gasteiger partial charge in [-0.3, -0.25) is 4.79 Å². The number of amides is 1. The molecule has 1 N–H and O–H groups in total. The van der Waals surface area contributed by atoms with Gasteiger partial charge in [-0.05, 0) is 33.7 Å². The Morgan fingerprint density at radius 2 is 2.41 bits per heavy atom. The maximum absolute atomic E-state index is 12.0. The lowest BCUT2D eigenvalue weighted by atomic mass is 9.99. The van der Waals surface area contributed by atoms with Crippen LogP contribution < -0.4 is 5.32 Å². The molecule has 1 aliphatic rings. The highest BCUT2D eigenvalue weighted by molar-refractivity contribution is 5.79. The Bertz CT molecular complexity index is 417. The zero-order valence-electron chi connectivity index (χ0n) is 10.5. The predicted molar refractivity (Wildman–Crippen MR) is 61.3 cm³/mol. The molecule has 0 saturated carbocycles. The molecule has 6 nitrogen and oxygen atoms in total. The average Bonchev–Trinajstić information content (AvgIpc) is 2.86. The van der Waals surface area contributed by atoms with Crippen molar-refractivity contribution >= 4 is 5.91 Å². The number of carbonyl (C=O) groups is 1. The number of nitrogens with zero attached hydrogens (tertiary/aromatic N) is 3. The second kappa shape index (κ2) is 4.44. The summed E-state index contributed by atoms with van der Waals surface area (Å²) in [6.45, 7) is 4.85. The number of hydrogen-bond acceptors (Lipinski definition) is 5. The molecule has 1 aliphatic heterocycles. The van der Waals surface area contributed by atoms with E-state index in [1.165, 1.54) is 0 Å². The highest BCUT2D eigenvalue weighted by Crippen LogP contribution is 2.37. The molecule has 1 saturated heterocycles. The fourth-order valence-electron chi connectivity index (χ4n) is 2.35.